The normalized spacial score (nSPS) is 14.9. The van der Waals surface area contributed by atoms with E-state index in [1.165, 1.54) is 0 Å². The van der Waals surface area contributed by atoms with Crippen molar-refractivity contribution >= 4 is 5.91 Å². The molecule has 0 spiro atoms. The van der Waals surface area contributed by atoms with E-state index in [0.29, 0.717) is 19.0 Å². The molecule has 1 aliphatic rings. The van der Waals surface area contributed by atoms with Crippen LogP contribution in [0.25, 0.3) is 0 Å². The minimum absolute atomic E-state index is 0.188. The minimum atomic E-state index is -0.313. The highest BCUT2D eigenvalue weighted by atomic mass is 16.2. The lowest BCUT2D eigenvalue weighted by molar-refractivity contribution is 0.0708. The molecule has 3 aromatic rings. The van der Waals surface area contributed by atoms with Crippen LogP contribution in [0.4, 0.5) is 0 Å². The first-order chi connectivity index (χ1) is 14.0. The molecule has 1 amide bonds. The molecule has 4 rings (SSSR count). The van der Waals surface area contributed by atoms with E-state index in [9.17, 15) is 9.59 Å². The molecule has 1 aliphatic heterocycles. The first-order valence-corrected chi connectivity index (χ1v) is 9.92. The van der Waals surface area contributed by atoms with Gasteiger partial charge in [0.05, 0.1) is 6.54 Å². The number of pyridine rings is 2. The zero-order chi connectivity index (χ0) is 20.4. The van der Waals surface area contributed by atoms with Crippen molar-refractivity contribution in [3.8, 4) is 0 Å². The number of aromatic nitrogens is 4. The second kappa shape index (κ2) is 8.03. The average molecular weight is 391 g/mol. The molecule has 150 valence electrons. The van der Waals surface area contributed by atoms with Gasteiger partial charge in [-0.25, -0.2) is 4.98 Å². The monoisotopic (exact) mass is 391 g/mol. The van der Waals surface area contributed by atoms with Gasteiger partial charge in [-0.05, 0) is 49.9 Å². The number of aryl methyl sites for hydroxylation is 2. The van der Waals surface area contributed by atoms with Crippen LogP contribution in [0.3, 0.4) is 0 Å². The second-order valence-corrected chi connectivity index (χ2v) is 7.66. The zero-order valence-corrected chi connectivity index (χ0v) is 16.8. The summed E-state index contributed by atoms with van der Waals surface area (Å²) in [6.45, 7) is 5.71. The van der Waals surface area contributed by atoms with Gasteiger partial charge in [0.15, 0.2) is 0 Å². The number of hydrogen-bond acceptors (Lipinski definition) is 4. The number of H-pyrrole nitrogens is 1. The molecule has 7 nitrogen and oxygen atoms in total. The lowest BCUT2D eigenvalue weighted by Crippen LogP contribution is -2.40. The van der Waals surface area contributed by atoms with Crippen molar-refractivity contribution < 1.29 is 4.79 Å². The lowest BCUT2D eigenvalue weighted by Gasteiger charge is -2.32. The van der Waals surface area contributed by atoms with E-state index in [1.807, 2.05) is 38.5 Å². The van der Waals surface area contributed by atoms with E-state index in [1.54, 1.807) is 17.2 Å². The fraction of sp³-hybridized carbons (Fsp3) is 0.364. The maximum Gasteiger partial charge on any atom is 0.261 e. The van der Waals surface area contributed by atoms with Crippen molar-refractivity contribution in [3.63, 3.8) is 0 Å². The Morgan fingerprint density at radius 1 is 1.24 bits per heavy atom. The third-order valence-electron chi connectivity index (χ3n) is 5.70. The minimum Gasteiger partial charge on any atom is -0.338 e. The van der Waals surface area contributed by atoms with Crippen LogP contribution < -0.4 is 5.56 Å². The second-order valence-electron chi connectivity index (χ2n) is 7.66. The molecule has 0 aromatic carbocycles. The standard InChI is InChI=1S/C22H25N5O2/c1-15-12-19(21(28)25-16(15)2)22(29)26-9-5-18(6-10-26)20-24-8-11-27(20)14-17-4-3-7-23-13-17/h3-4,7-8,11-13,18H,5-6,9-10,14H2,1-2H3,(H,25,28). The van der Waals surface area contributed by atoms with Crippen LogP contribution in [-0.2, 0) is 6.54 Å². The molecule has 0 atom stereocenters. The van der Waals surface area contributed by atoms with Crippen LogP contribution in [0.15, 0.2) is 47.8 Å². The summed E-state index contributed by atoms with van der Waals surface area (Å²) in [5.74, 6) is 1.15. The zero-order valence-electron chi connectivity index (χ0n) is 16.8. The van der Waals surface area contributed by atoms with E-state index in [4.69, 9.17) is 0 Å². The van der Waals surface area contributed by atoms with Crippen molar-refractivity contribution in [2.75, 3.05) is 13.1 Å². The summed E-state index contributed by atoms with van der Waals surface area (Å²) in [5.41, 5.74) is 2.76. The molecular weight excluding hydrogens is 366 g/mol. The lowest BCUT2D eigenvalue weighted by atomic mass is 9.95. The van der Waals surface area contributed by atoms with Crippen LogP contribution in [-0.4, -0.2) is 43.4 Å². The van der Waals surface area contributed by atoms with Gasteiger partial charge in [-0.3, -0.25) is 14.6 Å². The van der Waals surface area contributed by atoms with Gasteiger partial charge >= 0.3 is 0 Å². The number of rotatable bonds is 4. The van der Waals surface area contributed by atoms with Gasteiger partial charge in [0, 0.05) is 49.5 Å². The number of imidazole rings is 1. The number of carbonyl (C=O) groups excluding carboxylic acids is 1. The van der Waals surface area contributed by atoms with Gasteiger partial charge in [-0.1, -0.05) is 6.07 Å². The Hall–Kier alpha value is -3.22. The molecule has 0 saturated carbocycles. The van der Waals surface area contributed by atoms with Crippen molar-refractivity contribution in [1.29, 1.82) is 0 Å². The predicted molar refractivity (Wildman–Crippen MR) is 110 cm³/mol. The fourth-order valence-corrected chi connectivity index (χ4v) is 3.90. The molecule has 0 unspecified atom stereocenters. The topological polar surface area (TPSA) is 83.9 Å². The smallest absolute Gasteiger partial charge is 0.261 e. The van der Waals surface area contributed by atoms with Crippen molar-refractivity contribution in [2.45, 2.75) is 39.2 Å². The Labute approximate surface area is 169 Å². The molecule has 29 heavy (non-hydrogen) atoms. The molecular formula is C22H25N5O2. The molecule has 4 heterocycles. The summed E-state index contributed by atoms with van der Waals surface area (Å²) in [5, 5.41) is 0. The number of hydrogen-bond donors (Lipinski definition) is 1. The van der Waals surface area contributed by atoms with Crippen LogP contribution in [0.5, 0.6) is 0 Å². The first-order valence-electron chi connectivity index (χ1n) is 9.92. The summed E-state index contributed by atoms with van der Waals surface area (Å²) >= 11 is 0. The Kier molecular flexibility index (Phi) is 5.29. The summed E-state index contributed by atoms with van der Waals surface area (Å²) in [6, 6.07) is 5.69. The molecule has 1 N–H and O–H groups in total. The van der Waals surface area contributed by atoms with Crippen molar-refractivity contribution in [2.24, 2.45) is 0 Å². The van der Waals surface area contributed by atoms with E-state index < -0.39 is 0 Å². The average Bonchev–Trinajstić information content (AvgIpc) is 3.19. The van der Waals surface area contributed by atoms with Gasteiger partial charge in [-0.2, -0.15) is 0 Å². The van der Waals surface area contributed by atoms with Crippen LogP contribution in [0.1, 0.15) is 51.8 Å². The van der Waals surface area contributed by atoms with Gasteiger partial charge in [-0.15, -0.1) is 0 Å². The third kappa shape index (κ3) is 3.99. The summed E-state index contributed by atoms with van der Waals surface area (Å²) < 4.78 is 2.16. The number of aromatic amines is 1. The quantitative estimate of drug-likeness (QED) is 0.741. The van der Waals surface area contributed by atoms with Crippen molar-refractivity contribution in [1.82, 2.24) is 24.4 Å². The number of nitrogens with one attached hydrogen (secondary N) is 1. The Morgan fingerprint density at radius 3 is 2.76 bits per heavy atom. The van der Waals surface area contributed by atoms with Gasteiger partial charge in [0.2, 0.25) is 0 Å². The number of amides is 1. The van der Waals surface area contributed by atoms with E-state index in [0.717, 1.165) is 42.0 Å². The number of carbonyl (C=O) groups is 1. The summed E-state index contributed by atoms with van der Waals surface area (Å²) in [6.07, 6.45) is 9.13. The van der Waals surface area contributed by atoms with Gasteiger partial charge < -0.3 is 14.5 Å². The summed E-state index contributed by atoms with van der Waals surface area (Å²) in [4.78, 5) is 38.4. The molecule has 3 aromatic heterocycles. The van der Waals surface area contributed by atoms with Crippen LogP contribution >= 0.6 is 0 Å². The fourth-order valence-electron chi connectivity index (χ4n) is 3.90. The first kappa shape index (κ1) is 19.1. The molecule has 0 radical (unpaired) electrons. The highest BCUT2D eigenvalue weighted by Gasteiger charge is 2.28. The Morgan fingerprint density at radius 2 is 2.03 bits per heavy atom. The van der Waals surface area contributed by atoms with Crippen LogP contribution in [0.2, 0.25) is 0 Å². The molecule has 1 fully saturated rings. The maximum absolute atomic E-state index is 12.9. The third-order valence-corrected chi connectivity index (χ3v) is 5.70. The number of piperidine rings is 1. The molecule has 1 saturated heterocycles. The maximum atomic E-state index is 12.9. The van der Waals surface area contributed by atoms with Crippen LogP contribution in [0, 0.1) is 13.8 Å². The highest BCUT2D eigenvalue weighted by Crippen LogP contribution is 2.28. The number of likely N-dealkylation sites (tertiary alicyclic amines) is 1. The Bertz CT molecular complexity index is 1060. The molecule has 7 heteroatoms. The Balaban J connectivity index is 1.44. The van der Waals surface area contributed by atoms with E-state index >= 15 is 0 Å². The van der Waals surface area contributed by atoms with E-state index in [2.05, 4.69) is 25.6 Å². The summed E-state index contributed by atoms with van der Waals surface area (Å²) in [7, 11) is 0. The van der Waals surface area contributed by atoms with Crippen molar-refractivity contribution in [3.05, 3.63) is 81.5 Å². The van der Waals surface area contributed by atoms with Gasteiger partial charge in [0.1, 0.15) is 11.4 Å². The SMILES string of the molecule is Cc1cc(C(=O)N2CCC(c3nccn3Cc3cccnc3)CC2)c(=O)[nH]c1C. The van der Waals surface area contributed by atoms with E-state index in [-0.39, 0.29) is 17.0 Å². The molecule has 0 aliphatic carbocycles. The number of nitrogens with zero attached hydrogens (tertiary/aromatic N) is 4. The largest absolute Gasteiger partial charge is 0.338 e. The molecule has 0 bridgehead atoms. The highest BCUT2D eigenvalue weighted by molar-refractivity contribution is 5.94. The predicted octanol–water partition coefficient (Wildman–Crippen LogP) is 2.65. The van der Waals surface area contributed by atoms with Gasteiger partial charge in [0.25, 0.3) is 11.5 Å².